The van der Waals surface area contributed by atoms with E-state index in [1.54, 1.807) is 12.4 Å². The van der Waals surface area contributed by atoms with Gasteiger partial charge < -0.3 is 9.84 Å². The number of pyridine rings is 1. The van der Waals surface area contributed by atoms with E-state index >= 15 is 0 Å². The summed E-state index contributed by atoms with van der Waals surface area (Å²) in [4.78, 5) is 3.96. The van der Waals surface area contributed by atoms with Gasteiger partial charge in [0, 0.05) is 24.9 Å². The monoisotopic (exact) mass is 193 g/mol. The molecule has 0 bridgehead atoms. The summed E-state index contributed by atoms with van der Waals surface area (Å²) in [5, 5.41) is 9.73. The molecule has 0 radical (unpaired) electrons. The lowest BCUT2D eigenvalue weighted by Crippen LogP contribution is -2.33. The summed E-state index contributed by atoms with van der Waals surface area (Å²) < 4.78 is 5.35. The van der Waals surface area contributed by atoms with Crippen LogP contribution in [0.25, 0.3) is 0 Å². The third-order valence-corrected chi connectivity index (χ3v) is 2.68. The SMILES string of the molecule is OC1CCOCC1Cc1ccncc1. The normalized spacial score (nSPS) is 27.5. The molecule has 1 aliphatic heterocycles. The van der Waals surface area contributed by atoms with Gasteiger partial charge in [0.05, 0.1) is 12.7 Å². The topological polar surface area (TPSA) is 42.4 Å². The molecule has 2 atom stereocenters. The van der Waals surface area contributed by atoms with Crippen LogP contribution in [0.1, 0.15) is 12.0 Å². The Morgan fingerprint density at radius 2 is 2.21 bits per heavy atom. The molecule has 1 saturated heterocycles. The van der Waals surface area contributed by atoms with E-state index < -0.39 is 0 Å². The van der Waals surface area contributed by atoms with Crippen LogP contribution in [0, 0.1) is 5.92 Å². The molecule has 0 aliphatic carbocycles. The van der Waals surface area contributed by atoms with Crippen molar-refractivity contribution < 1.29 is 9.84 Å². The maximum absolute atomic E-state index is 9.73. The molecule has 2 unspecified atom stereocenters. The highest BCUT2D eigenvalue weighted by Gasteiger charge is 2.23. The Morgan fingerprint density at radius 3 is 2.93 bits per heavy atom. The number of rotatable bonds is 2. The van der Waals surface area contributed by atoms with Crippen molar-refractivity contribution in [3.8, 4) is 0 Å². The molecule has 0 amide bonds. The number of hydrogen-bond acceptors (Lipinski definition) is 3. The maximum atomic E-state index is 9.73. The van der Waals surface area contributed by atoms with Crippen molar-refractivity contribution in [2.24, 2.45) is 5.92 Å². The summed E-state index contributed by atoms with van der Waals surface area (Å²) in [5.74, 6) is 0.242. The van der Waals surface area contributed by atoms with Gasteiger partial charge in [-0.2, -0.15) is 0 Å². The van der Waals surface area contributed by atoms with Crippen LogP contribution in [0.15, 0.2) is 24.5 Å². The third-order valence-electron chi connectivity index (χ3n) is 2.68. The van der Waals surface area contributed by atoms with Gasteiger partial charge in [0.1, 0.15) is 0 Å². The van der Waals surface area contributed by atoms with Gasteiger partial charge in [-0.15, -0.1) is 0 Å². The van der Waals surface area contributed by atoms with Crippen LogP contribution in [-0.2, 0) is 11.2 Å². The van der Waals surface area contributed by atoms with Crippen LogP contribution in [0.2, 0.25) is 0 Å². The minimum atomic E-state index is -0.211. The molecule has 1 aromatic heterocycles. The fourth-order valence-electron chi connectivity index (χ4n) is 1.80. The Bertz CT molecular complexity index is 276. The Hall–Kier alpha value is -0.930. The molecule has 0 aromatic carbocycles. The van der Waals surface area contributed by atoms with Crippen LogP contribution in [0.3, 0.4) is 0 Å². The van der Waals surface area contributed by atoms with Crippen molar-refractivity contribution in [1.29, 1.82) is 0 Å². The molecule has 14 heavy (non-hydrogen) atoms. The Kier molecular flexibility index (Phi) is 3.11. The molecule has 0 saturated carbocycles. The van der Waals surface area contributed by atoms with Crippen LogP contribution >= 0.6 is 0 Å². The molecular weight excluding hydrogens is 178 g/mol. The summed E-state index contributed by atoms with van der Waals surface area (Å²) in [6, 6.07) is 3.97. The summed E-state index contributed by atoms with van der Waals surface area (Å²) in [6.07, 6.45) is 4.99. The van der Waals surface area contributed by atoms with E-state index in [0.717, 1.165) is 12.8 Å². The fraction of sp³-hybridized carbons (Fsp3) is 0.545. The molecule has 1 N–H and O–H groups in total. The lowest BCUT2D eigenvalue weighted by Gasteiger charge is -2.27. The average molecular weight is 193 g/mol. The maximum Gasteiger partial charge on any atom is 0.0615 e. The zero-order valence-electron chi connectivity index (χ0n) is 8.10. The zero-order valence-corrected chi connectivity index (χ0v) is 8.10. The Labute approximate surface area is 83.7 Å². The minimum Gasteiger partial charge on any atom is -0.393 e. The van der Waals surface area contributed by atoms with Crippen molar-refractivity contribution in [3.05, 3.63) is 30.1 Å². The average Bonchev–Trinajstić information content (AvgIpc) is 2.23. The first-order valence-corrected chi connectivity index (χ1v) is 5.01. The number of ether oxygens (including phenoxy) is 1. The number of nitrogens with zero attached hydrogens (tertiary/aromatic N) is 1. The van der Waals surface area contributed by atoms with Crippen molar-refractivity contribution in [3.63, 3.8) is 0 Å². The van der Waals surface area contributed by atoms with Crippen LogP contribution in [0.5, 0.6) is 0 Å². The van der Waals surface area contributed by atoms with Gasteiger partial charge >= 0.3 is 0 Å². The number of hydrogen-bond donors (Lipinski definition) is 1. The number of aliphatic hydroxyl groups is 1. The molecule has 1 aromatic rings. The molecule has 3 heteroatoms. The fourth-order valence-corrected chi connectivity index (χ4v) is 1.80. The first-order chi connectivity index (χ1) is 6.86. The summed E-state index contributed by atoms with van der Waals surface area (Å²) in [5.41, 5.74) is 1.22. The van der Waals surface area contributed by atoms with E-state index in [2.05, 4.69) is 4.98 Å². The second-order valence-corrected chi connectivity index (χ2v) is 3.75. The quantitative estimate of drug-likeness (QED) is 0.762. The number of aliphatic hydroxyl groups excluding tert-OH is 1. The highest BCUT2D eigenvalue weighted by Crippen LogP contribution is 2.18. The molecule has 1 aliphatic rings. The standard InChI is InChI=1S/C11H15NO2/c13-11-3-6-14-8-10(11)7-9-1-4-12-5-2-9/h1-2,4-5,10-11,13H,3,6-8H2. The van der Waals surface area contributed by atoms with Gasteiger partial charge in [-0.05, 0) is 30.5 Å². The van der Waals surface area contributed by atoms with E-state index in [4.69, 9.17) is 4.74 Å². The molecule has 76 valence electrons. The minimum absolute atomic E-state index is 0.211. The smallest absolute Gasteiger partial charge is 0.0615 e. The lowest BCUT2D eigenvalue weighted by molar-refractivity contribution is -0.0350. The van der Waals surface area contributed by atoms with E-state index in [9.17, 15) is 5.11 Å². The highest BCUT2D eigenvalue weighted by molar-refractivity contribution is 5.11. The predicted octanol–water partition coefficient (Wildman–Crippen LogP) is 1.02. The van der Waals surface area contributed by atoms with Gasteiger partial charge in [0.25, 0.3) is 0 Å². The van der Waals surface area contributed by atoms with Gasteiger partial charge in [0.2, 0.25) is 0 Å². The van der Waals surface area contributed by atoms with Gasteiger partial charge in [0.15, 0.2) is 0 Å². The van der Waals surface area contributed by atoms with Crippen molar-refractivity contribution >= 4 is 0 Å². The molecular formula is C11H15NO2. The summed E-state index contributed by atoms with van der Waals surface area (Å²) in [6.45, 7) is 1.36. The third kappa shape index (κ3) is 2.30. The van der Waals surface area contributed by atoms with E-state index in [1.807, 2.05) is 12.1 Å². The largest absolute Gasteiger partial charge is 0.393 e. The number of aromatic nitrogens is 1. The van der Waals surface area contributed by atoms with Crippen LogP contribution < -0.4 is 0 Å². The highest BCUT2D eigenvalue weighted by atomic mass is 16.5. The predicted molar refractivity (Wildman–Crippen MR) is 52.9 cm³/mol. The van der Waals surface area contributed by atoms with Crippen LogP contribution in [-0.4, -0.2) is 29.4 Å². The first-order valence-electron chi connectivity index (χ1n) is 5.01. The summed E-state index contributed by atoms with van der Waals surface area (Å²) >= 11 is 0. The van der Waals surface area contributed by atoms with Gasteiger partial charge in [-0.1, -0.05) is 0 Å². The van der Waals surface area contributed by atoms with E-state index in [1.165, 1.54) is 5.56 Å². The second kappa shape index (κ2) is 4.53. The lowest BCUT2D eigenvalue weighted by atomic mass is 9.92. The van der Waals surface area contributed by atoms with Gasteiger partial charge in [-0.3, -0.25) is 4.98 Å². The van der Waals surface area contributed by atoms with E-state index in [0.29, 0.717) is 13.2 Å². The Morgan fingerprint density at radius 1 is 1.43 bits per heavy atom. The first kappa shape index (κ1) is 9.62. The second-order valence-electron chi connectivity index (χ2n) is 3.75. The molecule has 2 heterocycles. The van der Waals surface area contributed by atoms with Gasteiger partial charge in [-0.25, -0.2) is 0 Å². The molecule has 2 rings (SSSR count). The molecule has 1 fully saturated rings. The van der Waals surface area contributed by atoms with E-state index in [-0.39, 0.29) is 12.0 Å². The van der Waals surface area contributed by atoms with Crippen molar-refractivity contribution in [1.82, 2.24) is 4.98 Å². The zero-order chi connectivity index (χ0) is 9.80. The summed E-state index contributed by atoms with van der Waals surface area (Å²) in [7, 11) is 0. The molecule has 0 spiro atoms. The Balaban J connectivity index is 1.96. The molecule has 3 nitrogen and oxygen atoms in total. The van der Waals surface area contributed by atoms with Crippen LogP contribution in [0.4, 0.5) is 0 Å². The van der Waals surface area contributed by atoms with Crippen molar-refractivity contribution in [2.75, 3.05) is 13.2 Å². The van der Waals surface area contributed by atoms with Crippen molar-refractivity contribution in [2.45, 2.75) is 18.9 Å².